The molecule has 1 aromatic rings. The van der Waals surface area contributed by atoms with Crippen molar-refractivity contribution in [2.75, 3.05) is 20.8 Å². The van der Waals surface area contributed by atoms with Crippen molar-refractivity contribution in [1.29, 1.82) is 0 Å². The fraction of sp³-hybridized carbons (Fsp3) is 0.455. The van der Waals surface area contributed by atoms with Gasteiger partial charge in [-0.1, -0.05) is 18.2 Å². The number of para-hydroxylation sites is 1. The third kappa shape index (κ3) is 2.47. The number of aliphatic hydroxyl groups excluding tert-OH is 1. The Morgan fingerprint density at radius 3 is 2.71 bits per heavy atom. The van der Waals surface area contributed by atoms with Crippen molar-refractivity contribution in [2.24, 2.45) is 0 Å². The van der Waals surface area contributed by atoms with Crippen molar-refractivity contribution >= 4 is 0 Å². The normalized spacial score (nSPS) is 12.5. The smallest absolute Gasteiger partial charge is 0.123 e. The molecule has 14 heavy (non-hydrogen) atoms. The number of nitrogens with one attached hydrogen (secondary N) is 1. The quantitative estimate of drug-likeness (QED) is 0.745. The van der Waals surface area contributed by atoms with E-state index in [1.54, 1.807) is 7.11 Å². The molecule has 0 radical (unpaired) electrons. The lowest BCUT2D eigenvalue weighted by molar-refractivity contribution is 0.267. The number of ether oxygens (including phenoxy) is 1. The molecule has 0 saturated heterocycles. The van der Waals surface area contributed by atoms with E-state index in [4.69, 9.17) is 9.84 Å². The van der Waals surface area contributed by atoms with E-state index in [0.29, 0.717) is 6.42 Å². The molecular formula is C11H17NO2. The highest BCUT2D eigenvalue weighted by Gasteiger charge is 2.12. The highest BCUT2D eigenvalue weighted by atomic mass is 16.5. The van der Waals surface area contributed by atoms with E-state index in [1.807, 2.05) is 31.3 Å². The summed E-state index contributed by atoms with van der Waals surface area (Å²) in [6.07, 6.45) is 0.691. The Bertz CT molecular complexity index is 276. The van der Waals surface area contributed by atoms with Gasteiger partial charge in [0.2, 0.25) is 0 Å². The Morgan fingerprint density at radius 1 is 1.43 bits per heavy atom. The monoisotopic (exact) mass is 195 g/mol. The fourth-order valence-corrected chi connectivity index (χ4v) is 1.54. The summed E-state index contributed by atoms with van der Waals surface area (Å²) in [5, 5.41) is 12.1. The summed E-state index contributed by atoms with van der Waals surface area (Å²) in [5.74, 6) is 0.861. The predicted octanol–water partition coefficient (Wildman–Crippen LogP) is 1.34. The van der Waals surface area contributed by atoms with Crippen LogP contribution in [0.4, 0.5) is 0 Å². The van der Waals surface area contributed by atoms with E-state index < -0.39 is 0 Å². The van der Waals surface area contributed by atoms with Gasteiger partial charge >= 0.3 is 0 Å². The van der Waals surface area contributed by atoms with Crippen molar-refractivity contribution in [3.05, 3.63) is 29.8 Å². The Hall–Kier alpha value is -1.06. The molecule has 3 heteroatoms. The first-order chi connectivity index (χ1) is 6.83. The SMILES string of the molecule is CNC(CCO)c1ccccc1OC. The van der Waals surface area contributed by atoms with Crippen LogP contribution < -0.4 is 10.1 Å². The molecule has 78 valence electrons. The van der Waals surface area contributed by atoms with E-state index in [9.17, 15) is 0 Å². The van der Waals surface area contributed by atoms with E-state index >= 15 is 0 Å². The summed E-state index contributed by atoms with van der Waals surface area (Å²) in [6.45, 7) is 0.170. The standard InChI is InChI=1S/C11H17NO2/c1-12-10(7-8-13)9-5-3-4-6-11(9)14-2/h3-6,10,12-13H,7-8H2,1-2H3. The van der Waals surface area contributed by atoms with Crippen molar-refractivity contribution < 1.29 is 9.84 Å². The van der Waals surface area contributed by atoms with Gasteiger partial charge in [-0.25, -0.2) is 0 Å². The van der Waals surface area contributed by atoms with Gasteiger partial charge in [-0.15, -0.1) is 0 Å². The van der Waals surface area contributed by atoms with Gasteiger partial charge in [-0.05, 0) is 19.5 Å². The molecule has 0 aliphatic carbocycles. The van der Waals surface area contributed by atoms with Crippen LogP contribution in [0.5, 0.6) is 5.75 Å². The highest BCUT2D eigenvalue weighted by molar-refractivity contribution is 5.35. The summed E-state index contributed by atoms with van der Waals surface area (Å²) in [6, 6.07) is 8.00. The van der Waals surface area contributed by atoms with Crippen molar-refractivity contribution in [3.63, 3.8) is 0 Å². The molecule has 3 nitrogen and oxygen atoms in total. The molecular weight excluding hydrogens is 178 g/mol. The van der Waals surface area contributed by atoms with Gasteiger partial charge in [-0.3, -0.25) is 0 Å². The van der Waals surface area contributed by atoms with Crippen LogP contribution in [-0.4, -0.2) is 25.9 Å². The van der Waals surface area contributed by atoms with Crippen LogP contribution >= 0.6 is 0 Å². The number of rotatable bonds is 5. The summed E-state index contributed by atoms with van der Waals surface area (Å²) in [4.78, 5) is 0. The van der Waals surface area contributed by atoms with Crippen molar-refractivity contribution in [1.82, 2.24) is 5.32 Å². The molecule has 1 unspecified atom stereocenters. The predicted molar refractivity (Wildman–Crippen MR) is 56.5 cm³/mol. The number of hydrogen-bond donors (Lipinski definition) is 2. The number of methoxy groups -OCH3 is 1. The molecule has 0 aliphatic heterocycles. The van der Waals surface area contributed by atoms with Crippen LogP contribution in [0.15, 0.2) is 24.3 Å². The largest absolute Gasteiger partial charge is 0.496 e. The zero-order chi connectivity index (χ0) is 10.4. The summed E-state index contributed by atoms with van der Waals surface area (Å²) in [7, 11) is 3.54. The van der Waals surface area contributed by atoms with Gasteiger partial charge in [0.15, 0.2) is 0 Å². The molecule has 1 atom stereocenters. The second kappa shape index (κ2) is 5.62. The topological polar surface area (TPSA) is 41.5 Å². The van der Waals surface area contributed by atoms with Crippen molar-refractivity contribution in [2.45, 2.75) is 12.5 Å². The third-order valence-electron chi connectivity index (χ3n) is 2.28. The maximum absolute atomic E-state index is 8.91. The summed E-state index contributed by atoms with van der Waals surface area (Å²) < 4.78 is 5.25. The van der Waals surface area contributed by atoms with Crippen LogP contribution in [-0.2, 0) is 0 Å². The van der Waals surface area contributed by atoms with E-state index in [2.05, 4.69) is 5.32 Å². The maximum atomic E-state index is 8.91. The van der Waals surface area contributed by atoms with Gasteiger partial charge in [0.25, 0.3) is 0 Å². The third-order valence-corrected chi connectivity index (χ3v) is 2.28. The van der Waals surface area contributed by atoms with Crippen LogP contribution in [0.25, 0.3) is 0 Å². The van der Waals surface area contributed by atoms with Gasteiger partial charge in [0.1, 0.15) is 5.75 Å². The first-order valence-corrected chi connectivity index (χ1v) is 4.74. The first kappa shape index (κ1) is 11.0. The second-order valence-electron chi connectivity index (χ2n) is 3.10. The van der Waals surface area contributed by atoms with E-state index in [-0.39, 0.29) is 12.6 Å². The molecule has 0 heterocycles. The molecule has 1 rings (SSSR count). The van der Waals surface area contributed by atoms with Crippen LogP contribution in [0.3, 0.4) is 0 Å². The lowest BCUT2D eigenvalue weighted by atomic mass is 10.0. The Kier molecular flexibility index (Phi) is 4.43. The minimum atomic E-state index is 0.149. The molecule has 0 spiro atoms. The van der Waals surface area contributed by atoms with Gasteiger partial charge in [0.05, 0.1) is 7.11 Å². The van der Waals surface area contributed by atoms with Crippen molar-refractivity contribution in [3.8, 4) is 5.75 Å². The Balaban J connectivity index is 2.90. The lowest BCUT2D eigenvalue weighted by Gasteiger charge is -2.18. The van der Waals surface area contributed by atoms with Gasteiger partial charge in [-0.2, -0.15) is 0 Å². The van der Waals surface area contributed by atoms with Crippen LogP contribution in [0, 0.1) is 0 Å². The number of benzene rings is 1. The zero-order valence-corrected chi connectivity index (χ0v) is 8.66. The summed E-state index contributed by atoms with van der Waals surface area (Å²) in [5.41, 5.74) is 1.09. The van der Waals surface area contributed by atoms with Gasteiger partial charge < -0.3 is 15.2 Å². The molecule has 0 aliphatic rings. The van der Waals surface area contributed by atoms with E-state index in [1.165, 1.54) is 0 Å². The fourth-order valence-electron chi connectivity index (χ4n) is 1.54. The van der Waals surface area contributed by atoms with Crippen LogP contribution in [0.1, 0.15) is 18.0 Å². The average molecular weight is 195 g/mol. The molecule has 0 aromatic heterocycles. The van der Waals surface area contributed by atoms with Gasteiger partial charge in [0, 0.05) is 18.2 Å². The molecule has 0 saturated carbocycles. The van der Waals surface area contributed by atoms with E-state index in [0.717, 1.165) is 11.3 Å². The minimum absolute atomic E-state index is 0.149. The second-order valence-corrected chi connectivity index (χ2v) is 3.10. The lowest BCUT2D eigenvalue weighted by Crippen LogP contribution is -2.18. The minimum Gasteiger partial charge on any atom is -0.496 e. The Morgan fingerprint density at radius 2 is 2.14 bits per heavy atom. The number of hydrogen-bond acceptors (Lipinski definition) is 3. The number of aliphatic hydroxyl groups is 1. The molecule has 1 aromatic carbocycles. The molecule has 0 amide bonds. The molecule has 0 fully saturated rings. The first-order valence-electron chi connectivity index (χ1n) is 4.74. The average Bonchev–Trinajstić information content (AvgIpc) is 2.26. The summed E-state index contributed by atoms with van der Waals surface area (Å²) >= 11 is 0. The molecule has 0 bridgehead atoms. The maximum Gasteiger partial charge on any atom is 0.123 e. The highest BCUT2D eigenvalue weighted by Crippen LogP contribution is 2.26. The van der Waals surface area contributed by atoms with Crippen LogP contribution in [0.2, 0.25) is 0 Å². The zero-order valence-electron chi connectivity index (χ0n) is 8.66. The molecule has 2 N–H and O–H groups in total. The Labute approximate surface area is 84.7 Å².